The van der Waals surface area contributed by atoms with Crippen LogP contribution in [0.4, 0.5) is 10.5 Å². The summed E-state index contributed by atoms with van der Waals surface area (Å²) >= 11 is 0. The Kier molecular flexibility index (Phi) is 9.41. The van der Waals surface area contributed by atoms with Crippen LogP contribution in [0.5, 0.6) is 0 Å². The molecule has 0 aliphatic carbocycles. The number of rotatable bonds is 6. The number of methoxy groups -OCH3 is 1. The fourth-order valence-corrected chi connectivity index (χ4v) is 2.02. The third-order valence-electron chi connectivity index (χ3n) is 3.37. The summed E-state index contributed by atoms with van der Waals surface area (Å²) in [4.78, 5) is 19.9. The molecule has 0 unspecified atom stereocenters. The Labute approximate surface area is 169 Å². The number of aliphatic imine (C=N–C) groups is 1. The summed E-state index contributed by atoms with van der Waals surface area (Å²) in [5.74, 6) is 1.52. The van der Waals surface area contributed by atoms with Gasteiger partial charge in [-0.05, 0) is 24.6 Å². The second-order valence-electron chi connectivity index (χ2n) is 5.16. The standard InChI is InChI=1S/C16H23N7O2.HI/c1-4-17-15(19-10-14-20-11-21-23(14)2)18-9-12-5-7-13(8-6-12)22-16(24)25-3;/h5-8,11H,4,9-10H2,1-3H3,(H,22,24)(H2,17,18,19);1H. The molecule has 26 heavy (non-hydrogen) atoms. The first kappa shape index (κ1) is 21.7. The van der Waals surface area contributed by atoms with Crippen molar-refractivity contribution in [1.82, 2.24) is 25.4 Å². The van der Waals surface area contributed by atoms with Gasteiger partial charge in [-0.15, -0.1) is 24.0 Å². The van der Waals surface area contributed by atoms with Gasteiger partial charge in [-0.1, -0.05) is 12.1 Å². The van der Waals surface area contributed by atoms with Gasteiger partial charge in [0, 0.05) is 19.3 Å². The Morgan fingerprint density at radius 1 is 1.27 bits per heavy atom. The number of aromatic nitrogens is 3. The first-order valence-electron chi connectivity index (χ1n) is 7.91. The molecule has 1 aromatic carbocycles. The number of amides is 1. The van der Waals surface area contributed by atoms with Crippen LogP contribution in [0.3, 0.4) is 0 Å². The van der Waals surface area contributed by atoms with Gasteiger partial charge in [0.1, 0.15) is 12.2 Å². The average molecular weight is 473 g/mol. The molecule has 0 atom stereocenters. The molecule has 1 amide bonds. The van der Waals surface area contributed by atoms with Crippen LogP contribution in [0.1, 0.15) is 18.3 Å². The van der Waals surface area contributed by atoms with Gasteiger partial charge < -0.3 is 15.4 Å². The number of ether oxygens (including phenoxy) is 1. The van der Waals surface area contributed by atoms with Gasteiger partial charge in [0.2, 0.25) is 0 Å². The Morgan fingerprint density at radius 3 is 2.58 bits per heavy atom. The van der Waals surface area contributed by atoms with E-state index in [-0.39, 0.29) is 24.0 Å². The molecule has 0 aliphatic rings. The van der Waals surface area contributed by atoms with Gasteiger partial charge in [0.15, 0.2) is 5.96 Å². The Morgan fingerprint density at radius 2 is 2.00 bits per heavy atom. The van der Waals surface area contributed by atoms with Crippen LogP contribution in [-0.2, 0) is 24.9 Å². The molecule has 1 aromatic heterocycles. The lowest BCUT2D eigenvalue weighted by Crippen LogP contribution is -2.37. The largest absolute Gasteiger partial charge is 0.453 e. The predicted octanol–water partition coefficient (Wildman–Crippen LogP) is 1.87. The summed E-state index contributed by atoms with van der Waals surface area (Å²) in [6, 6.07) is 7.42. The molecule has 0 bridgehead atoms. The lowest BCUT2D eigenvalue weighted by molar-refractivity contribution is 0.187. The lowest BCUT2D eigenvalue weighted by Gasteiger charge is -2.11. The van der Waals surface area contributed by atoms with Crippen LogP contribution in [-0.4, -0.2) is 40.5 Å². The molecule has 9 nitrogen and oxygen atoms in total. The van der Waals surface area contributed by atoms with Gasteiger partial charge >= 0.3 is 6.09 Å². The number of anilines is 1. The summed E-state index contributed by atoms with van der Waals surface area (Å²) in [5, 5.41) is 13.1. The topological polar surface area (TPSA) is 105 Å². The van der Waals surface area contributed by atoms with Crippen molar-refractivity contribution in [1.29, 1.82) is 0 Å². The fourth-order valence-electron chi connectivity index (χ4n) is 2.02. The number of nitrogens with zero attached hydrogens (tertiary/aromatic N) is 4. The number of guanidine groups is 1. The maximum Gasteiger partial charge on any atom is 0.411 e. The van der Waals surface area contributed by atoms with Crippen molar-refractivity contribution >= 4 is 41.7 Å². The number of hydrogen-bond acceptors (Lipinski definition) is 5. The Hall–Kier alpha value is -2.37. The maximum absolute atomic E-state index is 11.2. The zero-order valence-electron chi connectivity index (χ0n) is 15.0. The van der Waals surface area contributed by atoms with Crippen LogP contribution in [0.25, 0.3) is 0 Å². The number of nitrogens with one attached hydrogen (secondary N) is 3. The summed E-state index contributed by atoms with van der Waals surface area (Å²) in [5.41, 5.74) is 1.69. The van der Waals surface area contributed by atoms with Crippen LogP contribution in [0, 0.1) is 0 Å². The molecule has 3 N–H and O–H groups in total. The van der Waals surface area contributed by atoms with E-state index in [0.29, 0.717) is 24.7 Å². The lowest BCUT2D eigenvalue weighted by atomic mass is 10.2. The van der Waals surface area contributed by atoms with E-state index in [1.165, 1.54) is 13.4 Å². The van der Waals surface area contributed by atoms with Crippen molar-refractivity contribution in [2.24, 2.45) is 12.0 Å². The zero-order chi connectivity index (χ0) is 18.1. The van der Waals surface area contributed by atoms with Gasteiger partial charge in [-0.25, -0.2) is 14.8 Å². The van der Waals surface area contributed by atoms with Gasteiger partial charge in [-0.2, -0.15) is 5.10 Å². The average Bonchev–Trinajstić information content (AvgIpc) is 3.03. The number of halogens is 1. The van der Waals surface area contributed by atoms with Gasteiger partial charge in [0.05, 0.1) is 20.2 Å². The molecule has 0 spiro atoms. The smallest absolute Gasteiger partial charge is 0.411 e. The van der Waals surface area contributed by atoms with E-state index in [1.54, 1.807) is 4.68 Å². The Bertz CT molecular complexity index is 716. The van der Waals surface area contributed by atoms with E-state index >= 15 is 0 Å². The molecular weight excluding hydrogens is 449 g/mol. The molecule has 2 aromatic rings. The van der Waals surface area contributed by atoms with E-state index in [9.17, 15) is 4.79 Å². The first-order valence-corrected chi connectivity index (χ1v) is 7.91. The number of hydrogen-bond donors (Lipinski definition) is 3. The molecule has 0 saturated heterocycles. The molecule has 0 aliphatic heterocycles. The van der Waals surface area contributed by atoms with E-state index < -0.39 is 6.09 Å². The zero-order valence-corrected chi connectivity index (χ0v) is 17.4. The minimum absolute atomic E-state index is 0. The molecule has 10 heteroatoms. The number of benzene rings is 1. The second kappa shape index (κ2) is 11.3. The predicted molar refractivity (Wildman–Crippen MR) is 111 cm³/mol. The second-order valence-corrected chi connectivity index (χ2v) is 5.16. The molecule has 1 heterocycles. The minimum atomic E-state index is -0.492. The molecule has 0 fully saturated rings. The molecule has 0 radical (unpaired) electrons. The van der Waals surface area contributed by atoms with Crippen molar-refractivity contribution in [3.63, 3.8) is 0 Å². The van der Waals surface area contributed by atoms with Crippen molar-refractivity contribution in [3.05, 3.63) is 42.0 Å². The van der Waals surface area contributed by atoms with Gasteiger partial charge in [0.25, 0.3) is 0 Å². The highest BCUT2D eigenvalue weighted by molar-refractivity contribution is 14.0. The van der Waals surface area contributed by atoms with E-state index in [2.05, 4.69) is 35.8 Å². The third-order valence-corrected chi connectivity index (χ3v) is 3.37. The van der Waals surface area contributed by atoms with Crippen molar-refractivity contribution in [3.8, 4) is 0 Å². The highest BCUT2D eigenvalue weighted by atomic mass is 127. The monoisotopic (exact) mass is 473 g/mol. The third kappa shape index (κ3) is 6.86. The van der Waals surface area contributed by atoms with Crippen LogP contribution < -0.4 is 16.0 Å². The normalized spacial score (nSPS) is 10.7. The van der Waals surface area contributed by atoms with Crippen LogP contribution >= 0.6 is 24.0 Å². The van der Waals surface area contributed by atoms with Crippen molar-refractivity contribution in [2.45, 2.75) is 20.0 Å². The molecule has 2 rings (SSSR count). The SMILES string of the molecule is CCNC(=NCc1ccc(NC(=O)OC)cc1)NCc1ncnn1C.I. The van der Waals surface area contributed by atoms with E-state index in [4.69, 9.17) is 0 Å². The van der Waals surface area contributed by atoms with E-state index in [0.717, 1.165) is 17.9 Å². The van der Waals surface area contributed by atoms with Crippen molar-refractivity contribution in [2.75, 3.05) is 19.0 Å². The summed E-state index contributed by atoms with van der Waals surface area (Å²) in [6.07, 6.45) is 1.03. The summed E-state index contributed by atoms with van der Waals surface area (Å²) in [6.45, 7) is 3.80. The van der Waals surface area contributed by atoms with Crippen molar-refractivity contribution < 1.29 is 9.53 Å². The molecular formula is C16H24IN7O2. The summed E-state index contributed by atoms with van der Waals surface area (Å²) in [7, 11) is 3.17. The minimum Gasteiger partial charge on any atom is -0.453 e. The van der Waals surface area contributed by atoms with E-state index in [1.807, 2.05) is 38.2 Å². The quantitative estimate of drug-likeness (QED) is 0.336. The number of carbonyl (C=O) groups is 1. The Balaban J connectivity index is 0.00000338. The number of carbonyl (C=O) groups excluding carboxylic acids is 1. The molecule has 142 valence electrons. The first-order chi connectivity index (χ1) is 12.1. The van der Waals surface area contributed by atoms with Gasteiger partial charge in [-0.3, -0.25) is 10.00 Å². The highest BCUT2D eigenvalue weighted by Crippen LogP contribution is 2.10. The summed E-state index contributed by atoms with van der Waals surface area (Å²) < 4.78 is 6.27. The van der Waals surface area contributed by atoms with Crippen LogP contribution in [0.15, 0.2) is 35.6 Å². The maximum atomic E-state index is 11.2. The fraction of sp³-hybridized carbons (Fsp3) is 0.375. The molecule has 0 saturated carbocycles. The number of aryl methyl sites for hydroxylation is 1. The highest BCUT2D eigenvalue weighted by Gasteiger charge is 2.03. The van der Waals surface area contributed by atoms with Crippen LogP contribution in [0.2, 0.25) is 0 Å².